The highest BCUT2D eigenvalue weighted by molar-refractivity contribution is 6.34. The summed E-state index contributed by atoms with van der Waals surface area (Å²) >= 11 is 5.75. The molecule has 0 bridgehead atoms. The number of Topliss-reactive ketones (excluding diaryl/α,β-unsaturated/α-hetero) is 1. The number of benzene rings is 1. The first-order valence-electron chi connectivity index (χ1n) is 4.05. The summed E-state index contributed by atoms with van der Waals surface area (Å²) in [6.07, 6.45) is 0. The van der Waals surface area contributed by atoms with Gasteiger partial charge in [0.15, 0.2) is 5.78 Å². The fraction of sp³-hybridized carbons (Fsp3) is 0.200. The highest BCUT2D eigenvalue weighted by Gasteiger charge is 2.23. The van der Waals surface area contributed by atoms with Crippen molar-refractivity contribution in [1.29, 1.82) is 0 Å². The first-order valence-corrected chi connectivity index (χ1v) is 4.43. The van der Waals surface area contributed by atoms with E-state index < -0.39 is 17.7 Å². The SMILES string of the molecule is C[C@@H](C(=O)O)C(=O)c1ccccc1Cl. The monoisotopic (exact) mass is 212 g/mol. The number of hydrogen-bond acceptors (Lipinski definition) is 2. The van der Waals surface area contributed by atoms with E-state index >= 15 is 0 Å². The molecule has 74 valence electrons. The summed E-state index contributed by atoms with van der Waals surface area (Å²) in [5.74, 6) is -2.67. The summed E-state index contributed by atoms with van der Waals surface area (Å²) in [7, 11) is 0. The Morgan fingerprint density at radius 3 is 2.43 bits per heavy atom. The van der Waals surface area contributed by atoms with Gasteiger partial charge in [-0.2, -0.15) is 0 Å². The number of carboxylic acid groups (broad SMARTS) is 1. The van der Waals surface area contributed by atoms with Crippen LogP contribution in [-0.4, -0.2) is 16.9 Å². The number of carbonyl (C=O) groups is 2. The zero-order chi connectivity index (χ0) is 10.7. The highest BCUT2D eigenvalue weighted by Crippen LogP contribution is 2.18. The summed E-state index contributed by atoms with van der Waals surface area (Å²) in [4.78, 5) is 22.1. The van der Waals surface area contributed by atoms with E-state index in [1.54, 1.807) is 18.2 Å². The molecule has 0 amide bonds. The molecule has 0 radical (unpaired) electrons. The molecule has 3 nitrogen and oxygen atoms in total. The lowest BCUT2D eigenvalue weighted by Gasteiger charge is -2.06. The first-order chi connectivity index (χ1) is 6.54. The number of halogens is 1. The normalized spacial score (nSPS) is 12.1. The second kappa shape index (κ2) is 4.24. The number of aliphatic carboxylic acids is 1. The summed E-state index contributed by atoms with van der Waals surface area (Å²) < 4.78 is 0. The van der Waals surface area contributed by atoms with Gasteiger partial charge in [-0.15, -0.1) is 0 Å². The number of carboxylic acids is 1. The van der Waals surface area contributed by atoms with Crippen molar-refractivity contribution < 1.29 is 14.7 Å². The standard InChI is InChI=1S/C10H9ClO3/c1-6(10(13)14)9(12)7-4-2-3-5-8(7)11/h2-6H,1H3,(H,13,14)/t6-/m1/s1. The van der Waals surface area contributed by atoms with Crippen molar-refractivity contribution in [1.82, 2.24) is 0 Å². The van der Waals surface area contributed by atoms with Gasteiger partial charge >= 0.3 is 5.97 Å². The minimum atomic E-state index is -1.14. The molecule has 0 heterocycles. The van der Waals surface area contributed by atoms with Gasteiger partial charge in [-0.3, -0.25) is 9.59 Å². The molecule has 1 rings (SSSR count). The summed E-state index contributed by atoms with van der Waals surface area (Å²) in [6, 6.07) is 6.41. The summed E-state index contributed by atoms with van der Waals surface area (Å²) in [6.45, 7) is 1.34. The predicted molar refractivity (Wildman–Crippen MR) is 52.6 cm³/mol. The van der Waals surface area contributed by atoms with Crippen LogP contribution in [0.15, 0.2) is 24.3 Å². The van der Waals surface area contributed by atoms with Crippen LogP contribution < -0.4 is 0 Å². The molecule has 0 aromatic heterocycles. The van der Waals surface area contributed by atoms with Crippen LogP contribution in [0.4, 0.5) is 0 Å². The fourth-order valence-corrected chi connectivity index (χ4v) is 1.24. The van der Waals surface area contributed by atoms with Crippen molar-refractivity contribution in [3.63, 3.8) is 0 Å². The van der Waals surface area contributed by atoms with E-state index in [1.807, 2.05) is 0 Å². The second-order valence-electron chi connectivity index (χ2n) is 2.90. The Hall–Kier alpha value is -1.35. The summed E-state index contributed by atoms with van der Waals surface area (Å²) in [5, 5.41) is 8.92. The largest absolute Gasteiger partial charge is 0.481 e. The van der Waals surface area contributed by atoms with Crippen molar-refractivity contribution in [2.45, 2.75) is 6.92 Å². The van der Waals surface area contributed by atoms with Crippen LogP contribution in [0.5, 0.6) is 0 Å². The Morgan fingerprint density at radius 1 is 1.36 bits per heavy atom. The van der Waals surface area contributed by atoms with Crippen LogP contribution >= 0.6 is 11.6 Å². The van der Waals surface area contributed by atoms with Crippen molar-refractivity contribution in [2.75, 3.05) is 0 Å². The third-order valence-electron chi connectivity index (χ3n) is 1.90. The number of hydrogen-bond donors (Lipinski definition) is 1. The van der Waals surface area contributed by atoms with Gasteiger partial charge in [0, 0.05) is 5.56 Å². The molecule has 0 aliphatic carbocycles. The molecule has 4 heteroatoms. The molecule has 0 aliphatic rings. The molecular formula is C10H9ClO3. The molecule has 0 spiro atoms. The maximum Gasteiger partial charge on any atom is 0.314 e. The Bertz CT molecular complexity index is 373. The van der Waals surface area contributed by atoms with Gasteiger partial charge in [0.1, 0.15) is 5.92 Å². The van der Waals surface area contributed by atoms with Gasteiger partial charge < -0.3 is 5.11 Å². The van der Waals surface area contributed by atoms with Crippen molar-refractivity contribution in [3.05, 3.63) is 34.9 Å². The number of rotatable bonds is 3. The Kier molecular flexibility index (Phi) is 3.25. The molecule has 1 aromatic rings. The van der Waals surface area contributed by atoms with Crippen LogP contribution in [0.25, 0.3) is 0 Å². The molecular weight excluding hydrogens is 204 g/mol. The third-order valence-corrected chi connectivity index (χ3v) is 2.23. The maximum atomic E-state index is 11.5. The molecule has 1 atom stereocenters. The first kappa shape index (κ1) is 10.7. The molecule has 14 heavy (non-hydrogen) atoms. The van der Waals surface area contributed by atoms with Crippen LogP contribution in [0.2, 0.25) is 5.02 Å². The second-order valence-corrected chi connectivity index (χ2v) is 3.31. The molecule has 0 aliphatic heterocycles. The Morgan fingerprint density at radius 2 is 1.93 bits per heavy atom. The summed E-state index contributed by atoms with van der Waals surface area (Å²) in [5.41, 5.74) is 0.254. The van der Waals surface area contributed by atoms with Crippen LogP contribution in [0, 0.1) is 5.92 Å². The molecule has 0 saturated heterocycles. The van der Waals surface area contributed by atoms with Gasteiger partial charge in [0.05, 0.1) is 5.02 Å². The molecule has 0 saturated carbocycles. The van der Waals surface area contributed by atoms with Gasteiger partial charge in [0.25, 0.3) is 0 Å². The lowest BCUT2D eigenvalue weighted by molar-refractivity contribution is -0.139. The zero-order valence-corrected chi connectivity index (χ0v) is 8.28. The van der Waals surface area contributed by atoms with Crippen LogP contribution in [0.1, 0.15) is 17.3 Å². The van der Waals surface area contributed by atoms with Crippen molar-refractivity contribution in [3.8, 4) is 0 Å². The molecule has 0 fully saturated rings. The topological polar surface area (TPSA) is 54.4 Å². The maximum absolute atomic E-state index is 11.5. The minimum Gasteiger partial charge on any atom is -0.481 e. The van der Waals surface area contributed by atoms with Crippen LogP contribution in [0.3, 0.4) is 0 Å². The van der Waals surface area contributed by atoms with Crippen molar-refractivity contribution in [2.24, 2.45) is 5.92 Å². The van der Waals surface area contributed by atoms with Gasteiger partial charge in [-0.1, -0.05) is 23.7 Å². The fourth-order valence-electron chi connectivity index (χ4n) is 1.01. The Balaban J connectivity index is 3.01. The number of ketones is 1. The number of carbonyl (C=O) groups excluding carboxylic acids is 1. The van der Waals surface area contributed by atoms with Crippen molar-refractivity contribution >= 4 is 23.4 Å². The van der Waals surface area contributed by atoms with E-state index in [0.29, 0.717) is 0 Å². The molecule has 0 unspecified atom stereocenters. The molecule has 1 N–H and O–H groups in total. The lowest BCUT2D eigenvalue weighted by Crippen LogP contribution is -2.20. The van der Waals surface area contributed by atoms with E-state index in [4.69, 9.17) is 16.7 Å². The van der Waals surface area contributed by atoms with E-state index in [1.165, 1.54) is 13.0 Å². The van der Waals surface area contributed by atoms with Gasteiger partial charge in [-0.25, -0.2) is 0 Å². The van der Waals surface area contributed by atoms with E-state index in [0.717, 1.165) is 0 Å². The predicted octanol–water partition coefficient (Wildman–Crippen LogP) is 2.24. The highest BCUT2D eigenvalue weighted by atomic mass is 35.5. The van der Waals surface area contributed by atoms with Gasteiger partial charge in [0.2, 0.25) is 0 Å². The van der Waals surface area contributed by atoms with Crippen LogP contribution in [-0.2, 0) is 4.79 Å². The van der Waals surface area contributed by atoms with E-state index in [-0.39, 0.29) is 10.6 Å². The van der Waals surface area contributed by atoms with Gasteiger partial charge in [-0.05, 0) is 19.1 Å². The third kappa shape index (κ3) is 2.12. The average Bonchev–Trinajstić information content (AvgIpc) is 2.16. The Labute approximate surface area is 86.3 Å². The van der Waals surface area contributed by atoms with E-state index in [9.17, 15) is 9.59 Å². The average molecular weight is 213 g/mol. The minimum absolute atomic E-state index is 0.254. The smallest absolute Gasteiger partial charge is 0.314 e. The molecule has 1 aromatic carbocycles. The zero-order valence-electron chi connectivity index (χ0n) is 7.53. The lowest BCUT2D eigenvalue weighted by atomic mass is 10.00. The quantitative estimate of drug-likeness (QED) is 0.618. The van der Waals surface area contributed by atoms with E-state index in [2.05, 4.69) is 0 Å².